The van der Waals surface area contributed by atoms with Crippen molar-refractivity contribution in [1.82, 2.24) is 0 Å². The van der Waals surface area contributed by atoms with E-state index >= 15 is 0 Å². The summed E-state index contributed by atoms with van der Waals surface area (Å²) in [6.45, 7) is 5.90. The highest BCUT2D eigenvalue weighted by Crippen LogP contribution is 2.20. The first kappa shape index (κ1) is 11.8. The van der Waals surface area contributed by atoms with Crippen molar-refractivity contribution in [2.75, 3.05) is 5.75 Å². The molecule has 0 heterocycles. The third-order valence-corrected chi connectivity index (χ3v) is 3.43. The monoisotopic (exact) mass is 190 g/mol. The molecular formula is C9H18O2S. The van der Waals surface area contributed by atoms with Gasteiger partial charge in [-0.3, -0.25) is 4.79 Å². The second-order valence-corrected chi connectivity index (χ2v) is 4.54. The molecular weight excluding hydrogens is 172 g/mol. The summed E-state index contributed by atoms with van der Waals surface area (Å²) in [7, 11) is 0. The zero-order valence-corrected chi connectivity index (χ0v) is 8.86. The predicted molar refractivity (Wildman–Crippen MR) is 53.6 cm³/mol. The number of aliphatic carboxylic acids is 1. The molecule has 0 aliphatic heterocycles. The number of carbonyl (C=O) groups is 1. The summed E-state index contributed by atoms with van der Waals surface area (Å²) in [5.41, 5.74) is 0. The van der Waals surface area contributed by atoms with Crippen molar-refractivity contribution in [3.63, 3.8) is 0 Å². The van der Waals surface area contributed by atoms with Crippen LogP contribution in [-0.4, -0.2) is 22.1 Å². The smallest absolute Gasteiger partial charge is 0.307 e. The summed E-state index contributed by atoms with van der Waals surface area (Å²) >= 11 is 1.76. The fraction of sp³-hybridized carbons (Fsp3) is 0.889. The van der Waals surface area contributed by atoms with E-state index in [0.717, 1.165) is 5.75 Å². The third-order valence-electron chi connectivity index (χ3n) is 1.97. The molecule has 0 aliphatic carbocycles. The minimum absolute atomic E-state index is 0.230. The second kappa shape index (κ2) is 6.35. The van der Waals surface area contributed by atoms with Crippen LogP contribution in [0.3, 0.4) is 0 Å². The minimum atomic E-state index is -0.688. The number of rotatable bonds is 6. The molecule has 0 fully saturated rings. The number of thioether (sulfide) groups is 1. The summed E-state index contributed by atoms with van der Waals surface area (Å²) in [6, 6.07) is 0. The quantitative estimate of drug-likeness (QED) is 0.654. The normalized spacial score (nSPS) is 15.6. The lowest BCUT2D eigenvalue weighted by atomic mass is 10.1. The Balaban J connectivity index is 3.56. The van der Waals surface area contributed by atoms with Crippen molar-refractivity contribution in [2.45, 2.75) is 38.9 Å². The molecule has 0 aliphatic rings. The third kappa shape index (κ3) is 4.65. The van der Waals surface area contributed by atoms with Crippen LogP contribution in [0.1, 0.15) is 33.6 Å². The Morgan fingerprint density at radius 3 is 2.50 bits per heavy atom. The maximum atomic E-state index is 10.6. The van der Waals surface area contributed by atoms with Crippen LogP contribution in [0.4, 0.5) is 0 Å². The van der Waals surface area contributed by atoms with Gasteiger partial charge in [0.25, 0.3) is 0 Å². The van der Waals surface area contributed by atoms with Crippen LogP contribution < -0.4 is 0 Å². The van der Waals surface area contributed by atoms with Crippen molar-refractivity contribution in [3.8, 4) is 0 Å². The molecule has 0 spiro atoms. The van der Waals surface area contributed by atoms with Gasteiger partial charge in [0, 0.05) is 5.25 Å². The molecule has 0 aromatic carbocycles. The first-order valence-corrected chi connectivity index (χ1v) is 5.48. The Hall–Kier alpha value is -0.180. The minimum Gasteiger partial charge on any atom is -0.481 e. The molecule has 0 bridgehead atoms. The molecule has 0 aromatic rings. The highest BCUT2D eigenvalue weighted by Gasteiger charge is 2.18. The molecule has 0 amide bonds. The molecule has 2 atom stereocenters. The molecule has 0 radical (unpaired) electrons. The van der Waals surface area contributed by atoms with Crippen LogP contribution in [0, 0.1) is 5.92 Å². The second-order valence-electron chi connectivity index (χ2n) is 3.06. The summed E-state index contributed by atoms with van der Waals surface area (Å²) < 4.78 is 0. The van der Waals surface area contributed by atoms with Crippen LogP contribution in [-0.2, 0) is 4.79 Å². The topological polar surface area (TPSA) is 37.3 Å². The Morgan fingerprint density at radius 1 is 1.50 bits per heavy atom. The average Bonchev–Trinajstić information content (AvgIpc) is 2.03. The number of hydrogen-bond acceptors (Lipinski definition) is 2. The van der Waals surface area contributed by atoms with Crippen LogP contribution in [0.15, 0.2) is 0 Å². The Kier molecular flexibility index (Phi) is 6.25. The predicted octanol–water partition coefficient (Wildman–Crippen LogP) is 2.63. The van der Waals surface area contributed by atoms with Gasteiger partial charge in [-0.2, -0.15) is 11.8 Å². The molecule has 0 saturated carbocycles. The van der Waals surface area contributed by atoms with E-state index in [9.17, 15) is 4.79 Å². The molecule has 0 aromatic heterocycles. The van der Waals surface area contributed by atoms with Gasteiger partial charge in [0.05, 0.1) is 5.92 Å². The Labute approximate surface area is 78.7 Å². The largest absolute Gasteiger partial charge is 0.481 e. The zero-order valence-electron chi connectivity index (χ0n) is 8.04. The molecule has 2 nitrogen and oxygen atoms in total. The van der Waals surface area contributed by atoms with Crippen LogP contribution in [0.25, 0.3) is 0 Å². The first-order valence-electron chi connectivity index (χ1n) is 4.44. The molecule has 1 N–H and O–H groups in total. The van der Waals surface area contributed by atoms with Gasteiger partial charge in [-0.05, 0) is 12.2 Å². The van der Waals surface area contributed by atoms with E-state index in [-0.39, 0.29) is 11.2 Å². The van der Waals surface area contributed by atoms with E-state index in [1.165, 1.54) is 12.8 Å². The van der Waals surface area contributed by atoms with Crippen molar-refractivity contribution < 1.29 is 9.90 Å². The van der Waals surface area contributed by atoms with E-state index < -0.39 is 5.97 Å². The van der Waals surface area contributed by atoms with Crippen molar-refractivity contribution >= 4 is 17.7 Å². The number of carboxylic acid groups (broad SMARTS) is 1. The fourth-order valence-corrected chi connectivity index (χ4v) is 1.99. The van der Waals surface area contributed by atoms with Gasteiger partial charge in [-0.1, -0.05) is 27.2 Å². The van der Waals surface area contributed by atoms with E-state index in [0.29, 0.717) is 0 Å². The van der Waals surface area contributed by atoms with Crippen LogP contribution in [0.2, 0.25) is 0 Å². The van der Waals surface area contributed by atoms with E-state index in [2.05, 4.69) is 6.92 Å². The van der Waals surface area contributed by atoms with Gasteiger partial charge in [-0.15, -0.1) is 0 Å². The van der Waals surface area contributed by atoms with Gasteiger partial charge in [-0.25, -0.2) is 0 Å². The molecule has 72 valence electrons. The van der Waals surface area contributed by atoms with Crippen LogP contribution in [0.5, 0.6) is 0 Å². The standard InChI is InChI=1S/C9H18O2S/c1-4-5-6-12-8(3)7(2)9(10)11/h7-8H,4-6H2,1-3H3,(H,10,11). The maximum absolute atomic E-state index is 10.6. The molecule has 2 unspecified atom stereocenters. The van der Waals surface area contributed by atoms with Gasteiger partial charge >= 0.3 is 5.97 Å². The lowest BCUT2D eigenvalue weighted by Gasteiger charge is -2.14. The number of carboxylic acids is 1. The van der Waals surface area contributed by atoms with Gasteiger partial charge < -0.3 is 5.11 Å². The fourth-order valence-electron chi connectivity index (χ4n) is 0.759. The van der Waals surface area contributed by atoms with Crippen molar-refractivity contribution in [3.05, 3.63) is 0 Å². The SMILES string of the molecule is CCCCSC(C)C(C)C(=O)O. The summed E-state index contributed by atoms with van der Waals surface area (Å²) in [6.07, 6.45) is 2.36. The summed E-state index contributed by atoms with van der Waals surface area (Å²) in [5.74, 6) is 0.160. The Bertz CT molecular complexity index is 136. The highest BCUT2D eigenvalue weighted by molar-refractivity contribution is 7.99. The lowest BCUT2D eigenvalue weighted by Crippen LogP contribution is -2.20. The number of hydrogen-bond donors (Lipinski definition) is 1. The van der Waals surface area contributed by atoms with Crippen molar-refractivity contribution in [2.24, 2.45) is 5.92 Å². The lowest BCUT2D eigenvalue weighted by molar-refractivity contribution is -0.140. The summed E-state index contributed by atoms with van der Waals surface area (Å²) in [5, 5.41) is 8.93. The van der Waals surface area contributed by atoms with Gasteiger partial charge in [0.1, 0.15) is 0 Å². The molecule has 12 heavy (non-hydrogen) atoms. The summed E-state index contributed by atoms with van der Waals surface area (Å²) in [4.78, 5) is 10.6. The van der Waals surface area contributed by atoms with Crippen molar-refractivity contribution in [1.29, 1.82) is 0 Å². The highest BCUT2D eigenvalue weighted by atomic mass is 32.2. The molecule has 0 rings (SSSR count). The molecule has 0 saturated heterocycles. The Morgan fingerprint density at radius 2 is 2.08 bits per heavy atom. The van der Waals surface area contributed by atoms with E-state index in [1.54, 1.807) is 18.7 Å². The zero-order chi connectivity index (χ0) is 9.56. The molecule has 3 heteroatoms. The van der Waals surface area contributed by atoms with Crippen LogP contribution >= 0.6 is 11.8 Å². The van der Waals surface area contributed by atoms with E-state index in [4.69, 9.17) is 5.11 Å². The maximum Gasteiger partial charge on any atom is 0.307 e. The first-order chi connectivity index (χ1) is 5.59. The van der Waals surface area contributed by atoms with Gasteiger partial charge in [0.2, 0.25) is 0 Å². The number of unbranched alkanes of at least 4 members (excludes halogenated alkanes) is 1. The van der Waals surface area contributed by atoms with Gasteiger partial charge in [0.15, 0.2) is 0 Å². The van der Waals surface area contributed by atoms with E-state index in [1.807, 2.05) is 6.92 Å². The average molecular weight is 190 g/mol.